The van der Waals surface area contributed by atoms with Crippen LogP contribution in [0.2, 0.25) is 5.02 Å². The number of ether oxygens (including phenoxy) is 1. The van der Waals surface area contributed by atoms with Crippen LogP contribution >= 0.6 is 11.6 Å². The predicted molar refractivity (Wildman–Crippen MR) is 51.9 cm³/mol. The molecule has 0 aliphatic heterocycles. The molecular weight excluding hydrogens is 223 g/mol. The number of carbonyl (C=O) groups is 1. The number of methoxy groups -OCH3 is 1. The van der Waals surface area contributed by atoms with E-state index in [0.717, 1.165) is 13.2 Å². The number of anilines is 1. The van der Waals surface area contributed by atoms with E-state index in [0.29, 0.717) is 0 Å². The van der Waals surface area contributed by atoms with E-state index in [1.165, 1.54) is 0 Å². The van der Waals surface area contributed by atoms with Crippen LogP contribution in [0.5, 0.6) is 0 Å². The Morgan fingerprint density at radius 3 is 2.80 bits per heavy atom. The Kier molecular flexibility index (Phi) is 3.12. The van der Waals surface area contributed by atoms with Crippen LogP contribution in [0.15, 0.2) is 6.07 Å². The van der Waals surface area contributed by atoms with Crippen LogP contribution in [0, 0.1) is 17.1 Å². The highest BCUT2D eigenvalue weighted by molar-refractivity contribution is 6.32. The Bertz CT molecular complexity index is 468. The molecule has 1 aromatic rings. The minimum atomic E-state index is -1.04. The molecule has 4 nitrogen and oxygen atoms in total. The molecule has 0 fully saturated rings. The molecule has 0 heterocycles. The van der Waals surface area contributed by atoms with E-state index in [9.17, 15) is 9.18 Å². The molecule has 0 aromatic heterocycles. The van der Waals surface area contributed by atoms with Crippen LogP contribution in [-0.4, -0.2) is 13.1 Å². The fourth-order valence-electron chi connectivity index (χ4n) is 1.04. The van der Waals surface area contributed by atoms with E-state index >= 15 is 0 Å². The molecular formula is C9H6ClFN2O2. The Morgan fingerprint density at radius 2 is 2.33 bits per heavy atom. The molecule has 0 saturated heterocycles. The maximum absolute atomic E-state index is 13.5. The van der Waals surface area contributed by atoms with Crippen molar-refractivity contribution in [3.63, 3.8) is 0 Å². The number of nitrogen functional groups attached to an aromatic ring is 1. The van der Waals surface area contributed by atoms with E-state index in [2.05, 4.69) is 4.74 Å². The maximum Gasteiger partial charge on any atom is 0.343 e. The third kappa shape index (κ3) is 1.85. The molecule has 0 aliphatic carbocycles. The molecule has 0 amide bonds. The average molecular weight is 229 g/mol. The van der Waals surface area contributed by atoms with Gasteiger partial charge in [-0.2, -0.15) is 5.26 Å². The summed E-state index contributed by atoms with van der Waals surface area (Å²) >= 11 is 5.51. The smallest absolute Gasteiger partial charge is 0.343 e. The molecule has 15 heavy (non-hydrogen) atoms. The van der Waals surface area contributed by atoms with Crippen molar-refractivity contribution in [2.75, 3.05) is 12.8 Å². The van der Waals surface area contributed by atoms with Crippen LogP contribution in [0.1, 0.15) is 15.9 Å². The van der Waals surface area contributed by atoms with Gasteiger partial charge in [-0.15, -0.1) is 0 Å². The Hall–Kier alpha value is -1.80. The Labute approximate surface area is 90.0 Å². The number of rotatable bonds is 1. The van der Waals surface area contributed by atoms with Crippen molar-refractivity contribution in [2.24, 2.45) is 0 Å². The first kappa shape index (κ1) is 11.3. The van der Waals surface area contributed by atoms with Gasteiger partial charge in [-0.25, -0.2) is 9.18 Å². The van der Waals surface area contributed by atoms with E-state index in [-0.39, 0.29) is 11.3 Å². The summed E-state index contributed by atoms with van der Waals surface area (Å²) in [4.78, 5) is 11.1. The summed E-state index contributed by atoms with van der Waals surface area (Å²) < 4.78 is 17.8. The van der Waals surface area contributed by atoms with Crippen molar-refractivity contribution in [1.29, 1.82) is 5.26 Å². The number of nitrogens with zero attached hydrogens (tertiary/aromatic N) is 1. The molecule has 0 spiro atoms. The molecule has 1 aromatic carbocycles. The highest BCUT2D eigenvalue weighted by Crippen LogP contribution is 2.28. The number of esters is 1. The van der Waals surface area contributed by atoms with Gasteiger partial charge in [0.1, 0.15) is 11.6 Å². The molecule has 1 rings (SSSR count). The fraction of sp³-hybridized carbons (Fsp3) is 0.111. The van der Waals surface area contributed by atoms with Crippen molar-refractivity contribution >= 4 is 23.3 Å². The molecule has 0 aliphatic rings. The second-order valence-corrected chi connectivity index (χ2v) is 3.00. The van der Waals surface area contributed by atoms with E-state index in [1.54, 1.807) is 6.07 Å². The minimum absolute atomic E-state index is 0.126. The number of nitriles is 1. The minimum Gasteiger partial charge on any atom is -0.465 e. The number of hydrogen-bond donors (Lipinski definition) is 1. The molecule has 2 N–H and O–H groups in total. The standard InChI is InChI=1S/C9H6ClFN2O2/c1-15-9(14)6-5(13)2-4(3-12)7(10)8(6)11/h2H,13H2,1H3. The summed E-state index contributed by atoms with van der Waals surface area (Å²) in [6, 6.07) is 2.78. The third-order valence-corrected chi connectivity index (χ3v) is 2.12. The molecule has 6 heteroatoms. The number of halogens is 2. The number of hydrogen-bond acceptors (Lipinski definition) is 4. The van der Waals surface area contributed by atoms with Crippen LogP contribution in [0.4, 0.5) is 10.1 Å². The lowest BCUT2D eigenvalue weighted by Gasteiger charge is -2.07. The first-order chi connectivity index (χ1) is 7.02. The van der Waals surface area contributed by atoms with Crippen LogP contribution in [-0.2, 0) is 4.74 Å². The Morgan fingerprint density at radius 1 is 1.73 bits per heavy atom. The van der Waals surface area contributed by atoms with E-state index < -0.39 is 22.4 Å². The lowest BCUT2D eigenvalue weighted by Crippen LogP contribution is -2.09. The van der Waals surface area contributed by atoms with Gasteiger partial charge in [-0.1, -0.05) is 11.6 Å². The largest absolute Gasteiger partial charge is 0.465 e. The lowest BCUT2D eigenvalue weighted by atomic mass is 10.1. The summed E-state index contributed by atoms with van der Waals surface area (Å²) in [6.07, 6.45) is 0. The molecule has 0 radical (unpaired) electrons. The van der Waals surface area contributed by atoms with Gasteiger partial charge in [0, 0.05) is 0 Å². The Balaban J connectivity index is 3.51. The SMILES string of the molecule is COC(=O)c1c(N)cc(C#N)c(Cl)c1F. The predicted octanol–water partition coefficient (Wildman–Crippen LogP) is 1.72. The highest BCUT2D eigenvalue weighted by atomic mass is 35.5. The van der Waals surface area contributed by atoms with Crippen molar-refractivity contribution < 1.29 is 13.9 Å². The van der Waals surface area contributed by atoms with Crippen molar-refractivity contribution in [3.8, 4) is 6.07 Å². The lowest BCUT2D eigenvalue weighted by molar-refractivity contribution is 0.0597. The maximum atomic E-state index is 13.5. The first-order valence-corrected chi connectivity index (χ1v) is 4.16. The topological polar surface area (TPSA) is 76.1 Å². The van der Waals surface area contributed by atoms with Crippen LogP contribution in [0.3, 0.4) is 0 Å². The van der Waals surface area contributed by atoms with Crippen molar-refractivity contribution in [1.82, 2.24) is 0 Å². The van der Waals surface area contributed by atoms with Gasteiger partial charge in [0.25, 0.3) is 0 Å². The summed E-state index contributed by atoms with van der Waals surface area (Å²) in [7, 11) is 1.09. The second-order valence-electron chi connectivity index (χ2n) is 2.62. The number of benzene rings is 1. The van der Waals surface area contributed by atoms with E-state index in [1.807, 2.05) is 0 Å². The number of carbonyl (C=O) groups excluding carboxylic acids is 1. The average Bonchev–Trinajstić information content (AvgIpc) is 2.23. The van der Waals surface area contributed by atoms with Gasteiger partial charge in [-0.3, -0.25) is 0 Å². The zero-order chi connectivity index (χ0) is 11.6. The fourth-order valence-corrected chi connectivity index (χ4v) is 1.23. The molecule has 0 bridgehead atoms. The van der Waals surface area contributed by atoms with Gasteiger partial charge in [0.05, 0.1) is 23.4 Å². The second kappa shape index (κ2) is 4.15. The van der Waals surface area contributed by atoms with Crippen LogP contribution in [0.25, 0.3) is 0 Å². The molecule has 78 valence electrons. The van der Waals surface area contributed by atoms with Crippen molar-refractivity contribution in [3.05, 3.63) is 28.0 Å². The zero-order valence-electron chi connectivity index (χ0n) is 7.67. The van der Waals surface area contributed by atoms with Gasteiger partial charge in [0.2, 0.25) is 0 Å². The number of nitrogens with two attached hydrogens (primary N) is 1. The van der Waals surface area contributed by atoms with Gasteiger partial charge in [-0.05, 0) is 6.07 Å². The van der Waals surface area contributed by atoms with E-state index in [4.69, 9.17) is 22.6 Å². The monoisotopic (exact) mass is 228 g/mol. The quantitative estimate of drug-likeness (QED) is 0.587. The summed E-state index contributed by atoms with van der Waals surface area (Å²) in [6.45, 7) is 0. The van der Waals surface area contributed by atoms with Crippen molar-refractivity contribution in [2.45, 2.75) is 0 Å². The summed E-state index contributed by atoms with van der Waals surface area (Å²) in [5, 5.41) is 8.14. The molecule has 0 saturated carbocycles. The van der Waals surface area contributed by atoms with Crippen LogP contribution < -0.4 is 5.73 Å². The molecule has 0 atom stereocenters. The molecule has 0 unspecified atom stereocenters. The summed E-state index contributed by atoms with van der Waals surface area (Å²) in [5.41, 5.74) is 4.63. The normalized spacial score (nSPS) is 9.47. The highest BCUT2D eigenvalue weighted by Gasteiger charge is 2.21. The van der Waals surface area contributed by atoms with Gasteiger partial charge < -0.3 is 10.5 Å². The third-order valence-electron chi connectivity index (χ3n) is 1.75. The summed E-state index contributed by atoms with van der Waals surface area (Å²) in [5.74, 6) is -1.98. The van der Waals surface area contributed by atoms with Gasteiger partial charge in [0.15, 0.2) is 5.82 Å². The first-order valence-electron chi connectivity index (χ1n) is 3.78. The van der Waals surface area contributed by atoms with Gasteiger partial charge >= 0.3 is 5.97 Å². The zero-order valence-corrected chi connectivity index (χ0v) is 8.43.